The van der Waals surface area contributed by atoms with Crippen molar-refractivity contribution in [1.82, 2.24) is 9.97 Å². The summed E-state index contributed by atoms with van der Waals surface area (Å²) in [6, 6.07) is 19.2. The van der Waals surface area contributed by atoms with Crippen LogP contribution in [0.3, 0.4) is 0 Å². The normalized spacial score (nSPS) is 10.4. The van der Waals surface area contributed by atoms with Gasteiger partial charge in [-0.1, -0.05) is 48.5 Å². The van der Waals surface area contributed by atoms with Crippen LogP contribution in [0.4, 0.5) is 17.5 Å². The fourth-order valence-corrected chi connectivity index (χ4v) is 3.04. The summed E-state index contributed by atoms with van der Waals surface area (Å²) in [6.07, 6.45) is 0. The van der Waals surface area contributed by atoms with Gasteiger partial charge in [-0.05, 0) is 38.5 Å². The highest BCUT2D eigenvalue weighted by Gasteiger charge is 2.17. The molecule has 0 spiro atoms. The van der Waals surface area contributed by atoms with Gasteiger partial charge in [0.25, 0.3) is 5.91 Å². The summed E-state index contributed by atoms with van der Waals surface area (Å²) in [5, 5.41) is 6.37. The molecule has 0 atom stereocenters. The SMILES string of the molecule is CCN(CC)c1nc(C)c(NC(=O)c2ccccc2)c(NCc2ccccc2)n1. The quantitative estimate of drug-likeness (QED) is 0.594. The van der Waals surface area contributed by atoms with Gasteiger partial charge in [0.2, 0.25) is 5.95 Å². The molecule has 0 saturated heterocycles. The largest absolute Gasteiger partial charge is 0.364 e. The average Bonchev–Trinajstić information content (AvgIpc) is 2.76. The number of nitrogens with zero attached hydrogens (tertiary/aromatic N) is 3. The van der Waals surface area contributed by atoms with E-state index in [0.717, 1.165) is 24.3 Å². The number of anilines is 3. The number of rotatable bonds is 8. The molecule has 1 amide bonds. The minimum atomic E-state index is -0.185. The van der Waals surface area contributed by atoms with Crippen LogP contribution >= 0.6 is 0 Å². The first-order valence-electron chi connectivity index (χ1n) is 9.90. The molecule has 0 radical (unpaired) electrons. The molecule has 29 heavy (non-hydrogen) atoms. The zero-order chi connectivity index (χ0) is 20.6. The summed E-state index contributed by atoms with van der Waals surface area (Å²) in [4.78, 5) is 24.2. The monoisotopic (exact) mass is 389 g/mol. The van der Waals surface area contributed by atoms with Crippen molar-refractivity contribution in [3.05, 3.63) is 77.5 Å². The Balaban J connectivity index is 1.93. The van der Waals surface area contributed by atoms with Gasteiger partial charge in [0.1, 0.15) is 5.69 Å². The zero-order valence-electron chi connectivity index (χ0n) is 17.1. The number of carbonyl (C=O) groups is 1. The summed E-state index contributed by atoms with van der Waals surface area (Å²) in [7, 11) is 0. The molecule has 0 saturated carbocycles. The van der Waals surface area contributed by atoms with E-state index < -0.39 is 0 Å². The maximum Gasteiger partial charge on any atom is 0.255 e. The molecule has 1 aromatic heterocycles. The van der Waals surface area contributed by atoms with E-state index >= 15 is 0 Å². The summed E-state index contributed by atoms with van der Waals surface area (Å²) < 4.78 is 0. The lowest BCUT2D eigenvalue weighted by molar-refractivity contribution is 0.102. The summed E-state index contributed by atoms with van der Waals surface area (Å²) in [5.74, 6) is 1.09. The molecule has 150 valence electrons. The van der Waals surface area contributed by atoms with Crippen LogP contribution in [-0.2, 0) is 6.54 Å². The van der Waals surface area contributed by atoms with E-state index in [4.69, 9.17) is 4.98 Å². The number of hydrogen-bond acceptors (Lipinski definition) is 5. The van der Waals surface area contributed by atoms with Crippen molar-refractivity contribution in [3.63, 3.8) is 0 Å². The molecule has 3 rings (SSSR count). The van der Waals surface area contributed by atoms with Crippen LogP contribution in [0.1, 0.15) is 35.5 Å². The van der Waals surface area contributed by atoms with Gasteiger partial charge in [-0.25, -0.2) is 4.98 Å². The number of aryl methyl sites for hydroxylation is 1. The molecule has 2 N–H and O–H groups in total. The van der Waals surface area contributed by atoms with Gasteiger partial charge in [-0.3, -0.25) is 4.79 Å². The number of nitrogens with one attached hydrogen (secondary N) is 2. The highest BCUT2D eigenvalue weighted by Crippen LogP contribution is 2.27. The second-order valence-electron chi connectivity index (χ2n) is 6.66. The van der Waals surface area contributed by atoms with Crippen LogP contribution in [-0.4, -0.2) is 29.0 Å². The lowest BCUT2D eigenvalue weighted by Crippen LogP contribution is -2.26. The first-order chi connectivity index (χ1) is 14.1. The smallest absolute Gasteiger partial charge is 0.255 e. The summed E-state index contributed by atoms with van der Waals surface area (Å²) in [6.45, 7) is 8.26. The standard InChI is InChI=1S/C23H27N5O/c1-4-28(5-2)23-25-17(3)20(26-22(29)19-14-10-7-11-15-19)21(27-23)24-16-18-12-8-6-9-13-18/h6-15H,4-5,16H2,1-3H3,(H,26,29)(H,24,25,27). The molecule has 0 aliphatic rings. The van der Waals surface area contributed by atoms with Crippen molar-refractivity contribution in [2.24, 2.45) is 0 Å². The lowest BCUT2D eigenvalue weighted by Gasteiger charge is -2.22. The molecule has 0 aliphatic heterocycles. The van der Waals surface area contributed by atoms with Crippen LogP contribution in [0.15, 0.2) is 60.7 Å². The van der Waals surface area contributed by atoms with Crippen LogP contribution in [0.5, 0.6) is 0 Å². The Kier molecular flexibility index (Phi) is 6.79. The van der Waals surface area contributed by atoms with Crippen LogP contribution in [0.2, 0.25) is 0 Å². The van der Waals surface area contributed by atoms with E-state index in [1.807, 2.05) is 43.3 Å². The molecular formula is C23H27N5O. The predicted octanol–water partition coefficient (Wildman–Crippen LogP) is 4.50. The highest BCUT2D eigenvalue weighted by molar-refractivity contribution is 6.06. The molecule has 0 unspecified atom stereocenters. The van der Waals surface area contributed by atoms with Gasteiger partial charge >= 0.3 is 0 Å². The van der Waals surface area contributed by atoms with E-state index in [1.165, 1.54) is 0 Å². The van der Waals surface area contributed by atoms with Crippen LogP contribution < -0.4 is 15.5 Å². The highest BCUT2D eigenvalue weighted by atomic mass is 16.1. The number of carbonyl (C=O) groups excluding carboxylic acids is 1. The Bertz CT molecular complexity index is 940. The Morgan fingerprint density at radius 3 is 2.17 bits per heavy atom. The number of benzene rings is 2. The Morgan fingerprint density at radius 2 is 1.55 bits per heavy atom. The van der Waals surface area contributed by atoms with Gasteiger partial charge in [0, 0.05) is 25.2 Å². The topological polar surface area (TPSA) is 70.2 Å². The first kappa shape index (κ1) is 20.3. The van der Waals surface area contributed by atoms with E-state index in [9.17, 15) is 4.79 Å². The molecular weight excluding hydrogens is 362 g/mol. The lowest BCUT2D eigenvalue weighted by atomic mass is 10.2. The van der Waals surface area contributed by atoms with Crippen molar-refractivity contribution in [1.29, 1.82) is 0 Å². The number of aromatic nitrogens is 2. The van der Waals surface area contributed by atoms with Crippen molar-refractivity contribution in [2.45, 2.75) is 27.3 Å². The van der Waals surface area contributed by atoms with Crippen LogP contribution in [0, 0.1) is 6.92 Å². The predicted molar refractivity (Wildman–Crippen MR) is 118 cm³/mol. The van der Waals surface area contributed by atoms with Gasteiger partial charge in [0.15, 0.2) is 5.82 Å². The van der Waals surface area contributed by atoms with Crippen molar-refractivity contribution in [2.75, 3.05) is 28.6 Å². The van der Waals surface area contributed by atoms with E-state index in [1.54, 1.807) is 12.1 Å². The zero-order valence-corrected chi connectivity index (χ0v) is 17.1. The Hall–Kier alpha value is -3.41. The molecule has 6 heteroatoms. The molecule has 0 fully saturated rings. The Labute approximate surface area is 172 Å². The minimum absolute atomic E-state index is 0.185. The van der Waals surface area contributed by atoms with Gasteiger partial charge < -0.3 is 15.5 Å². The third-order valence-corrected chi connectivity index (χ3v) is 4.70. The third kappa shape index (κ3) is 5.10. The van der Waals surface area contributed by atoms with Crippen molar-refractivity contribution >= 4 is 23.4 Å². The van der Waals surface area contributed by atoms with E-state index in [0.29, 0.717) is 29.6 Å². The van der Waals surface area contributed by atoms with E-state index in [-0.39, 0.29) is 5.91 Å². The third-order valence-electron chi connectivity index (χ3n) is 4.70. The number of hydrogen-bond donors (Lipinski definition) is 2. The average molecular weight is 390 g/mol. The van der Waals surface area contributed by atoms with Crippen molar-refractivity contribution < 1.29 is 4.79 Å². The minimum Gasteiger partial charge on any atom is -0.364 e. The van der Waals surface area contributed by atoms with Gasteiger partial charge in [-0.15, -0.1) is 0 Å². The molecule has 3 aromatic rings. The second-order valence-corrected chi connectivity index (χ2v) is 6.66. The van der Waals surface area contributed by atoms with Crippen LogP contribution in [0.25, 0.3) is 0 Å². The molecule has 1 heterocycles. The Morgan fingerprint density at radius 1 is 0.931 bits per heavy atom. The van der Waals surface area contributed by atoms with Gasteiger partial charge in [-0.2, -0.15) is 4.98 Å². The second kappa shape index (κ2) is 9.68. The first-order valence-corrected chi connectivity index (χ1v) is 9.90. The molecule has 6 nitrogen and oxygen atoms in total. The fraction of sp³-hybridized carbons (Fsp3) is 0.261. The molecule has 2 aromatic carbocycles. The summed E-state index contributed by atoms with van der Waals surface area (Å²) >= 11 is 0. The summed E-state index contributed by atoms with van der Waals surface area (Å²) in [5.41, 5.74) is 3.05. The fourth-order valence-electron chi connectivity index (χ4n) is 3.04. The molecule has 0 aliphatic carbocycles. The van der Waals surface area contributed by atoms with E-state index in [2.05, 4.69) is 46.5 Å². The maximum atomic E-state index is 12.7. The van der Waals surface area contributed by atoms with Gasteiger partial charge in [0.05, 0.1) is 5.69 Å². The molecule has 0 bridgehead atoms. The van der Waals surface area contributed by atoms with Crippen molar-refractivity contribution in [3.8, 4) is 0 Å². The maximum absolute atomic E-state index is 12.7. The number of amides is 1.